The summed E-state index contributed by atoms with van der Waals surface area (Å²) in [5, 5.41) is 11.1. The Hall–Kier alpha value is -4.97. The molecule has 0 unspecified atom stereocenters. The molecule has 1 saturated heterocycles. The van der Waals surface area contributed by atoms with Crippen molar-refractivity contribution in [1.82, 2.24) is 31.2 Å². The number of carbonyl (C=O) groups excluding carboxylic acids is 4. The Balaban J connectivity index is 1.37. The van der Waals surface area contributed by atoms with Crippen molar-refractivity contribution >= 4 is 23.6 Å². The quantitative estimate of drug-likeness (QED) is 0.315. The van der Waals surface area contributed by atoms with Gasteiger partial charge in [-0.3, -0.25) is 29.1 Å². The Kier molecular flexibility index (Phi) is 11.0. The fourth-order valence-corrected chi connectivity index (χ4v) is 5.62. The topological polar surface area (TPSA) is 151 Å². The number of ether oxygens (including phenoxy) is 2. The van der Waals surface area contributed by atoms with E-state index in [-0.39, 0.29) is 25.5 Å². The van der Waals surface area contributed by atoms with E-state index in [4.69, 9.17) is 9.47 Å². The van der Waals surface area contributed by atoms with Crippen LogP contribution in [0.4, 0.5) is 0 Å². The van der Waals surface area contributed by atoms with Crippen molar-refractivity contribution in [3.05, 3.63) is 90.3 Å². The minimum Gasteiger partial charge on any atom is -0.492 e. The third-order valence-electron chi connectivity index (χ3n) is 8.40. The van der Waals surface area contributed by atoms with Gasteiger partial charge in [-0.15, -0.1) is 0 Å². The van der Waals surface area contributed by atoms with Crippen molar-refractivity contribution in [2.24, 2.45) is 0 Å². The van der Waals surface area contributed by atoms with E-state index in [1.807, 2.05) is 48.5 Å². The van der Waals surface area contributed by atoms with Gasteiger partial charge in [0.15, 0.2) is 5.60 Å². The number of aromatic nitrogens is 1. The molecule has 2 bridgehead atoms. The van der Waals surface area contributed by atoms with Crippen LogP contribution in [0.3, 0.4) is 0 Å². The Labute approximate surface area is 274 Å². The molecule has 0 saturated carbocycles. The number of hydrogen-bond acceptors (Lipinski definition) is 8. The lowest BCUT2D eigenvalue weighted by Crippen LogP contribution is -2.61. The molecule has 1 aromatic heterocycles. The first kappa shape index (κ1) is 33.4. The lowest BCUT2D eigenvalue weighted by molar-refractivity contribution is -0.144. The average Bonchev–Trinajstić information content (AvgIpc) is 3.08. The molecule has 3 aromatic rings. The summed E-state index contributed by atoms with van der Waals surface area (Å²) in [6.07, 6.45) is 2.72. The van der Waals surface area contributed by atoms with Crippen molar-refractivity contribution in [2.45, 2.75) is 63.4 Å². The van der Waals surface area contributed by atoms with Crippen molar-refractivity contribution < 1.29 is 28.7 Å². The zero-order chi connectivity index (χ0) is 33.2. The fourth-order valence-electron chi connectivity index (χ4n) is 5.62. The van der Waals surface area contributed by atoms with E-state index in [9.17, 15) is 19.2 Å². The van der Waals surface area contributed by atoms with Gasteiger partial charge in [0.2, 0.25) is 17.7 Å². The minimum atomic E-state index is -1.24. The normalized spacial score (nSPS) is 23.0. The van der Waals surface area contributed by atoms with Gasteiger partial charge in [-0.05, 0) is 55.8 Å². The molecule has 4 heterocycles. The number of hydrogen-bond donors (Lipinski definition) is 4. The molecular weight excluding hydrogens is 600 g/mol. The predicted octanol–water partition coefficient (Wildman–Crippen LogP) is 1.74. The van der Waals surface area contributed by atoms with Gasteiger partial charge in [0.25, 0.3) is 5.91 Å². The van der Waals surface area contributed by atoms with Crippen LogP contribution in [0.1, 0.15) is 37.9 Å². The summed E-state index contributed by atoms with van der Waals surface area (Å²) in [4.78, 5) is 60.3. The first-order chi connectivity index (χ1) is 22.7. The second-order valence-electron chi connectivity index (χ2n) is 12.0. The smallest absolute Gasteiger partial charge is 0.264 e. The molecule has 12 heteroatoms. The maximum atomic E-state index is 14.0. The van der Waals surface area contributed by atoms with Crippen molar-refractivity contribution in [3.8, 4) is 11.5 Å². The first-order valence-corrected chi connectivity index (χ1v) is 16.0. The number of nitrogens with one attached hydrogen (secondary N) is 4. The second kappa shape index (κ2) is 15.5. The molecule has 12 nitrogen and oxygen atoms in total. The van der Waals surface area contributed by atoms with Crippen LogP contribution in [0.25, 0.3) is 0 Å². The van der Waals surface area contributed by atoms with Crippen LogP contribution in [-0.2, 0) is 32.1 Å². The fraction of sp³-hybridized carbons (Fsp3) is 0.400. The highest BCUT2D eigenvalue weighted by Gasteiger charge is 2.45. The monoisotopic (exact) mass is 642 g/mol. The zero-order valence-electron chi connectivity index (χ0n) is 26.7. The van der Waals surface area contributed by atoms with Crippen molar-refractivity contribution in [1.29, 1.82) is 0 Å². The van der Waals surface area contributed by atoms with E-state index < -0.39 is 41.4 Å². The standard InChI is InChI=1S/C35H42N6O6/c1-24-31(42)37-18-21-46-28-11-13-29(14-12-28)47-35(15-19-41(20-16-35)23-27-10-6-7-17-36-27)34(45)39-25(2)32(43)40-30(33(44)38-24)22-26-8-4-3-5-9-26/h3-14,17,24-25,30H,15-16,18-23H2,1-2H3,(H,37,42)(H,38,44)(H,39,45)(H,40,43)/t24-,25-,30-/m0/s1. The molecule has 3 atom stereocenters. The van der Waals surface area contributed by atoms with Crippen LogP contribution in [0, 0.1) is 0 Å². The second-order valence-corrected chi connectivity index (χ2v) is 12.0. The molecule has 2 aromatic carbocycles. The highest BCUT2D eigenvalue weighted by molar-refractivity contribution is 5.95. The van der Waals surface area contributed by atoms with E-state index in [1.165, 1.54) is 0 Å². The van der Waals surface area contributed by atoms with Crippen LogP contribution in [0.15, 0.2) is 79.0 Å². The number of piperidine rings is 1. The van der Waals surface area contributed by atoms with Crippen LogP contribution >= 0.6 is 0 Å². The van der Waals surface area contributed by atoms with Crippen LogP contribution in [0.2, 0.25) is 0 Å². The molecule has 0 radical (unpaired) electrons. The summed E-state index contributed by atoms with van der Waals surface area (Å²) in [6.45, 7) is 5.37. The number of fused-ring (bicyclic) bond motifs is 15. The summed E-state index contributed by atoms with van der Waals surface area (Å²) < 4.78 is 12.2. The van der Waals surface area contributed by atoms with Gasteiger partial charge in [0.1, 0.15) is 36.2 Å². The van der Waals surface area contributed by atoms with Gasteiger partial charge >= 0.3 is 0 Å². The highest BCUT2D eigenvalue weighted by atomic mass is 16.5. The summed E-state index contributed by atoms with van der Waals surface area (Å²) >= 11 is 0. The maximum absolute atomic E-state index is 14.0. The van der Waals surface area contributed by atoms with E-state index in [0.29, 0.717) is 44.0 Å². The Morgan fingerprint density at radius 3 is 2.17 bits per heavy atom. The Morgan fingerprint density at radius 2 is 1.47 bits per heavy atom. The molecule has 1 spiro atoms. The van der Waals surface area contributed by atoms with Gasteiger partial charge < -0.3 is 30.7 Å². The van der Waals surface area contributed by atoms with Crippen LogP contribution in [0.5, 0.6) is 11.5 Å². The third-order valence-corrected chi connectivity index (χ3v) is 8.40. The minimum absolute atomic E-state index is 0.190. The molecule has 3 aliphatic rings. The summed E-state index contributed by atoms with van der Waals surface area (Å²) in [5.41, 5.74) is 0.525. The molecule has 47 heavy (non-hydrogen) atoms. The van der Waals surface area contributed by atoms with E-state index in [1.54, 1.807) is 44.3 Å². The van der Waals surface area contributed by atoms with E-state index in [2.05, 4.69) is 31.2 Å². The first-order valence-electron chi connectivity index (χ1n) is 16.0. The lowest BCUT2D eigenvalue weighted by atomic mass is 9.89. The summed E-state index contributed by atoms with van der Waals surface area (Å²) in [6, 6.07) is 19.2. The van der Waals surface area contributed by atoms with E-state index >= 15 is 0 Å². The number of carbonyl (C=O) groups is 4. The highest BCUT2D eigenvalue weighted by Crippen LogP contribution is 2.31. The SMILES string of the molecule is C[C@@H]1NC(=O)[C@H](Cc2ccccc2)NC(=O)[C@H](C)NC(=O)C2(CCN(Cc3ccccn3)CC2)Oc2ccc(cc2)OCCNC1=O. The average molecular weight is 643 g/mol. The third kappa shape index (κ3) is 9.07. The van der Waals surface area contributed by atoms with Crippen molar-refractivity contribution in [2.75, 3.05) is 26.2 Å². The molecule has 0 aliphatic carbocycles. The van der Waals surface area contributed by atoms with Crippen LogP contribution < -0.4 is 30.7 Å². The van der Waals surface area contributed by atoms with Crippen LogP contribution in [-0.4, -0.2) is 83.5 Å². The maximum Gasteiger partial charge on any atom is 0.264 e. The molecule has 4 amide bonds. The summed E-state index contributed by atoms with van der Waals surface area (Å²) in [5.74, 6) is -0.804. The molecule has 248 valence electrons. The number of likely N-dealkylation sites (tertiary alicyclic amines) is 1. The number of nitrogens with zero attached hydrogens (tertiary/aromatic N) is 2. The number of benzene rings is 2. The molecule has 4 N–H and O–H groups in total. The predicted molar refractivity (Wildman–Crippen MR) is 174 cm³/mol. The molecular formula is C35H42N6O6. The summed E-state index contributed by atoms with van der Waals surface area (Å²) in [7, 11) is 0. The largest absolute Gasteiger partial charge is 0.492 e. The molecule has 3 aliphatic heterocycles. The van der Waals surface area contributed by atoms with Gasteiger partial charge in [-0.1, -0.05) is 36.4 Å². The molecule has 6 rings (SSSR count). The Morgan fingerprint density at radius 1 is 0.787 bits per heavy atom. The van der Waals surface area contributed by atoms with Gasteiger partial charge in [-0.25, -0.2) is 0 Å². The van der Waals surface area contributed by atoms with Crippen molar-refractivity contribution in [3.63, 3.8) is 0 Å². The lowest BCUT2D eigenvalue weighted by Gasteiger charge is -2.41. The van der Waals surface area contributed by atoms with Gasteiger partial charge in [0.05, 0.1) is 12.2 Å². The Bertz CT molecular complexity index is 1510. The van der Waals surface area contributed by atoms with Gasteiger partial charge in [-0.2, -0.15) is 0 Å². The number of amides is 4. The van der Waals surface area contributed by atoms with Gasteiger partial charge in [0, 0.05) is 45.1 Å². The number of pyridine rings is 1. The number of rotatable bonds is 4. The molecule has 1 fully saturated rings. The van der Waals surface area contributed by atoms with E-state index in [0.717, 1.165) is 11.3 Å². The zero-order valence-corrected chi connectivity index (χ0v) is 26.7.